The molecule has 1 aromatic rings. The Kier molecular flexibility index (Phi) is 2.35. The highest BCUT2D eigenvalue weighted by Gasteiger charge is 2.32. The Labute approximate surface area is 88.3 Å². The molecule has 2 nitrogen and oxygen atoms in total. The molecular weight excluding hydrogens is 194 g/mol. The van der Waals surface area contributed by atoms with Crippen LogP contribution in [0.4, 0.5) is 0 Å². The largest absolute Gasteiger partial charge is 0.355 e. The first kappa shape index (κ1) is 9.71. The van der Waals surface area contributed by atoms with Crippen LogP contribution in [0.25, 0.3) is 0 Å². The second-order valence-electron chi connectivity index (χ2n) is 4.25. The molecule has 76 valence electrons. The number of amides is 1. The van der Waals surface area contributed by atoms with Gasteiger partial charge in [0.25, 0.3) is 0 Å². The molecule has 14 heavy (non-hydrogen) atoms. The summed E-state index contributed by atoms with van der Waals surface area (Å²) in [5.41, 5.74) is 0.160. The van der Waals surface area contributed by atoms with Crippen molar-refractivity contribution in [1.29, 1.82) is 0 Å². The third-order valence-corrected chi connectivity index (χ3v) is 4.22. The van der Waals surface area contributed by atoms with Gasteiger partial charge in [-0.05, 0) is 25.5 Å². The summed E-state index contributed by atoms with van der Waals surface area (Å²) in [6.07, 6.45) is 1.63. The van der Waals surface area contributed by atoms with E-state index in [2.05, 4.69) is 31.3 Å². The summed E-state index contributed by atoms with van der Waals surface area (Å²) in [7, 11) is 0. The molecule has 1 N–H and O–H groups in total. The fraction of sp³-hybridized carbons (Fsp3) is 0.545. The summed E-state index contributed by atoms with van der Waals surface area (Å²) < 4.78 is 0. The zero-order valence-electron chi connectivity index (χ0n) is 8.59. The summed E-state index contributed by atoms with van der Waals surface area (Å²) in [6.45, 7) is 5.14. The van der Waals surface area contributed by atoms with E-state index in [1.807, 2.05) is 11.3 Å². The Bertz CT molecular complexity index is 346. The van der Waals surface area contributed by atoms with Crippen molar-refractivity contribution in [1.82, 2.24) is 5.32 Å². The van der Waals surface area contributed by atoms with Crippen LogP contribution < -0.4 is 5.32 Å². The Hall–Kier alpha value is -0.830. The molecular formula is C11H15NOS. The van der Waals surface area contributed by atoms with Crippen molar-refractivity contribution in [3.05, 3.63) is 21.9 Å². The average Bonchev–Trinajstić information content (AvgIpc) is 2.58. The van der Waals surface area contributed by atoms with Gasteiger partial charge in [0.15, 0.2) is 0 Å². The van der Waals surface area contributed by atoms with E-state index in [4.69, 9.17) is 0 Å². The number of hydrogen-bond acceptors (Lipinski definition) is 2. The van der Waals surface area contributed by atoms with Crippen LogP contribution in [0.1, 0.15) is 29.5 Å². The standard InChI is InChI=1S/C11H15NOS/c1-8-3-4-9(14-8)11(2)6-5-10(13)12-7-11/h3-4H,5-7H2,1-2H3,(H,12,13). The van der Waals surface area contributed by atoms with Crippen molar-refractivity contribution in [2.24, 2.45) is 0 Å². The molecule has 0 aromatic carbocycles. The Morgan fingerprint density at radius 3 is 2.79 bits per heavy atom. The molecule has 1 aromatic heterocycles. The summed E-state index contributed by atoms with van der Waals surface area (Å²) in [6, 6.07) is 4.35. The molecule has 1 unspecified atom stereocenters. The molecule has 1 aliphatic heterocycles. The third kappa shape index (κ3) is 1.69. The molecule has 1 amide bonds. The van der Waals surface area contributed by atoms with Gasteiger partial charge in [-0.25, -0.2) is 0 Å². The van der Waals surface area contributed by atoms with E-state index in [-0.39, 0.29) is 11.3 Å². The highest BCUT2D eigenvalue weighted by molar-refractivity contribution is 7.12. The molecule has 1 saturated heterocycles. The topological polar surface area (TPSA) is 29.1 Å². The van der Waals surface area contributed by atoms with Crippen LogP contribution in [-0.4, -0.2) is 12.5 Å². The molecule has 0 aliphatic carbocycles. The van der Waals surface area contributed by atoms with Crippen LogP contribution in [0, 0.1) is 6.92 Å². The van der Waals surface area contributed by atoms with E-state index in [0.29, 0.717) is 6.42 Å². The zero-order chi connectivity index (χ0) is 10.2. The SMILES string of the molecule is Cc1ccc(C2(C)CCC(=O)NC2)s1. The van der Waals surface area contributed by atoms with Gasteiger partial charge < -0.3 is 5.32 Å². The lowest BCUT2D eigenvalue weighted by Crippen LogP contribution is -2.43. The predicted molar refractivity (Wildman–Crippen MR) is 58.7 cm³/mol. The number of thiophene rings is 1. The molecule has 0 bridgehead atoms. The second-order valence-corrected chi connectivity index (χ2v) is 5.54. The van der Waals surface area contributed by atoms with Crippen molar-refractivity contribution in [3.8, 4) is 0 Å². The molecule has 0 radical (unpaired) electrons. The molecule has 0 spiro atoms. The van der Waals surface area contributed by atoms with Gasteiger partial charge in [-0.3, -0.25) is 4.79 Å². The zero-order valence-corrected chi connectivity index (χ0v) is 9.41. The van der Waals surface area contributed by atoms with Gasteiger partial charge in [0, 0.05) is 28.1 Å². The van der Waals surface area contributed by atoms with E-state index in [9.17, 15) is 4.79 Å². The van der Waals surface area contributed by atoms with Crippen molar-refractivity contribution in [2.75, 3.05) is 6.54 Å². The molecule has 2 rings (SSSR count). The van der Waals surface area contributed by atoms with E-state index in [1.54, 1.807) is 0 Å². The normalized spacial score (nSPS) is 27.4. The molecule has 1 atom stereocenters. The summed E-state index contributed by atoms with van der Waals surface area (Å²) in [4.78, 5) is 13.8. The number of rotatable bonds is 1. The molecule has 1 aliphatic rings. The van der Waals surface area contributed by atoms with E-state index in [1.165, 1.54) is 9.75 Å². The molecule has 1 fully saturated rings. The number of aryl methyl sites for hydroxylation is 1. The first-order valence-corrected chi connectivity index (χ1v) is 5.75. The van der Waals surface area contributed by atoms with Crippen LogP contribution in [0.5, 0.6) is 0 Å². The minimum absolute atomic E-state index is 0.160. The fourth-order valence-electron chi connectivity index (χ4n) is 1.83. The van der Waals surface area contributed by atoms with Gasteiger partial charge in [-0.1, -0.05) is 6.92 Å². The van der Waals surface area contributed by atoms with Gasteiger partial charge in [0.2, 0.25) is 5.91 Å². The number of carbonyl (C=O) groups is 1. The van der Waals surface area contributed by atoms with Crippen LogP contribution in [-0.2, 0) is 10.2 Å². The van der Waals surface area contributed by atoms with Crippen molar-refractivity contribution in [3.63, 3.8) is 0 Å². The minimum atomic E-state index is 0.160. The van der Waals surface area contributed by atoms with E-state index < -0.39 is 0 Å². The third-order valence-electron chi connectivity index (χ3n) is 2.91. The molecule has 3 heteroatoms. The summed E-state index contributed by atoms with van der Waals surface area (Å²) in [5.74, 6) is 0.191. The van der Waals surface area contributed by atoms with E-state index >= 15 is 0 Å². The molecule has 0 saturated carbocycles. The second kappa shape index (κ2) is 3.39. The van der Waals surface area contributed by atoms with Gasteiger partial charge in [0.05, 0.1) is 0 Å². The number of nitrogens with one attached hydrogen (secondary N) is 1. The maximum atomic E-state index is 11.1. The van der Waals surface area contributed by atoms with Crippen LogP contribution >= 0.6 is 11.3 Å². The predicted octanol–water partition coefficient (Wildman–Crippen LogP) is 2.22. The van der Waals surface area contributed by atoms with Crippen molar-refractivity contribution in [2.45, 2.75) is 32.1 Å². The first-order chi connectivity index (χ1) is 6.60. The Balaban J connectivity index is 2.20. The highest BCUT2D eigenvalue weighted by atomic mass is 32.1. The van der Waals surface area contributed by atoms with Gasteiger partial charge in [-0.2, -0.15) is 0 Å². The van der Waals surface area contributed by atoms with Gasteiger partial charge in [0.1, 0.15) is 0 Å². The minimum Gasteiger partial charge on any atom is -0.355 e. The summed E-state index contributed by atoms with van der Waals surface area (Å²) in [5, 5.41) is 2.95. The van der Waals surface area contributed by atoms with Crippen LogP contribution in [0.3, 0.4) is 0 Å². The first-order valence-electron chi connectivity index (χ1n) is 4.94. The van der Waals surface area contributed by atoms with Crippen LogP contribution in [0.2, 0.25) is 0 Å². The highest BCUT2D eigenvalue weighted by Crippen LogP contribution is 2.35. The van der Waals surface area contributed by atoms with E-state index in [0.717, 1.165) is 13.0 Å². The van der Waals surface area contributed by atoms with Crippen LogP contribution in [0.15, 0.2) is 12.1 Å². The van der Waals surface area contributed by atoms with Gasteiger partial charge in [-0.15, -0.1) is 11.3 Å². The number of piperidine rings is 1. The Morgan fingerprint density at radius 1 is 1.50 bits per heavy atom. The number of carbonyl (C=O) groups excluding carboxylic acids is 1. The Morgan fingerprint density at radius 2 is 2.29 bits per heavy atom. The monoisotopic (exact) mass is 209 g/mol. The van der Waals surface area contributed by atoms with Gasteiger partial charge >= 0.3 is 0 Å². The quantitative estimate of drug-likeness (QED) is 0.755. The summed E-state index contributed by atoms with van der Waals surface area (Å²) >= 11 is 1.84. The fourth-order valence-corrected chi connectivity index (χ4v) is 2.87. The maximum absolute atomic E-state index is 11.1. The molecule has 2 heterocycles. The smallest absolute Gasteiger partial charge is 0.220 e. The maximum Gasteiger partial charge on any atom is 0.220 e. The number of hydrogen-bond donors (Lipinski definition) is 1. The lowest BCUT2D eigenvalue weighted by molar-refractivity contribution is -0.123. The van der Waals surface area contributed by atoms with Crippen molar-refractivity contribution >= 4 is 17.2 Å². The average molecular weight is 209 g/mol. The lowest BCUT2D eigenvalue weighted by Gasteiger charge is -2.32. The van der Waals surface area contributed by atoms with Crippen molar-refractivity contribution < 1.29 is 4.79 Å². The lowest BCUT2D eigenvalue weighted by atomic mass is 9.81.